The average molecular weight is 353 g/mol. The Balaban J connectivity index is 2.16. The summed E-state index contributed by atoms with van der Waals surface area (Å²) >= 11 is 0. The van der Waals surface area contributed by atoms with Crippen molar-refractivity contribution in [3.63, 3.8) is 0 Å². The summed E-state index contributed by atoms with van der Waals surface area (Å²) in [5.41, 5.74) is 4.97. The lowest BCUT2D eigenvalue weighted by molar-refractivity contribution is -0.110. The zero-order valence-corrected chi connectivity index (χ0v) is 15.8. The maximum Gasteiger partial charge on any atom is 0.256 e. The highest BCUT2D eigenvalue weighted by Gasteiger charge is 2.25. The monoisotopic (exact) mass is 353 g/mol. The van der Waals surface area contributed by atoms with Crippen LogP contribution in [0.25, 0.3) is 11.6 Å². The third kappa shape index (κ3) is 3.24. The lowest BCUT2D eigenvalue weighted by atomic mass is 9.90. The molecule has 2 aromatic carbocycles. The molecule has 0 unspecified atom stereocenters. The van der Waals surface area contributed by atoms with E-state index in [1.807, 2.05) is 6.08 Å². The molecule has 0 atom stereocenters. The van der Waals surface area contributed by atoms with Crippen molar-refractivity contribution in [1.29, 1.82) is 0 Å². The summed E-state index contributed by atoms with van der Waals surface area (Å²) in [5, 5.41) is 2.73. The highest BCUT2D eigenvalue weighted by atomic mass is 19.1. The van der Waals surface area contributed by atoms with Gasteiger partial charge in [0.15, 0.2) is 0 Å². The Kier molecular flexibility index (Phi) is 4.86. The second-order valence-electron chi connectivity index (χ2n) is 7.24. The molecule has 3 rings (SSSR count). The van der Waals surface area contributed by atoms with Gasteiger partial charge in [-0.25, -0.2) is 4.39 Å². The zero-order valence-electron chi connectivity index (χ0n) is 15.8. The summed E-state index contributed by atoms with van der Waals surface area (Å²) < 4.78 is 19.1. The topological polar surface area (TPSA) is 38.3 Å². The lowest BCUT2D eigenvalue weighted by Crippen LogP contribution is -2.04. The van der Waals surface area contributed by atoms with Crippen LogP contribution in [0.15, 0.2) is 30.3 Å². The molecule has 1 heterocycles. The number of hydrogen-bond donors (Lipinski definition) is 1. The van der Waals surface area contributed by atoms with Gasteiger partial charge in [-0.3, -0.25) is 4.79 Å². The molecule has 0 spiro atoms. The number of benzene rings is 2. The summed E-state index contributed by atoms with van der Waals surface area (Å²) in [6.07, 6.45) is 1.87. The number of fused-ring (bicyclic) bond motifs is 1. The van der Waals surface area contributed by atoms with Crippen LogP contribution in [0.5, 0.6) is 5.75 Å². The summed E-state index contributed by atoms with van der Waals surface area (Å²) in [4.78, 5) is 12.4. The first-order valence-electron chi connectivity index (χ1n) is 8.86. The van der Waals surface area contributed by atoms with E-state index < -0.39 is 0 Å². The summed E-state index contributed by atoms with van der Waals surface area (Å²) in [6.45, 7) is 8.50. The molecule has 3 nitrogen and oxygen atoms in total. The van der Waals surface area contributed by atoms with E-state index in [2.05, 4.69) is 45.1 Å². The van der Waals surface area contributed by atoms with E-state index in [0.717, 1.165) is 28.0 Å². The van der Waals surface area contributed by atoms with Crippen molar-refractivity contribution < 1.29 is 13.9 Å². The third-order valence-electron chi connectivity index (χ3n) is 4.69. The van der Waals surface area contributed by atoms with Crippen molar-refractivity contribution in [3.05, 3.63) is 58.4 Å². The van der Waals surface area contributed by atoms with Gasteiger partial charge in [0, 0.05) is 11.1 Å². The van der Waals surface area contributed by atoms with Gasteiger partial charge in [-0.1, -0.05) is 27.7 Å². The van der Waals surface area contributed by atoms with E-state index in [0.29, 0.717) is 23.1 Å². The molecule has 0 aromatic heterocycles. The van der Waals surface area contributed by atoms with E-state index >= 15 is 0 Å². The Morgan fingerprint density at radius 1 is 1.04 bits per heavy atom. The Morgan fingerprint density at radius 3 is 2.19 bits per heavy atom. The molecule has 0 radical (unpaired) electrons. The summed E-state index contributed by atoms with van der Waals surface area (Å²) in [6, 6.07) is 8.50. The number of nitrogens with one attached hydrogen (secondary N) is 1. The van der Waals surface area contributed by atoms with Crippen LogP contribution in [0, 0.1) is 5.82 Å². The van der Waals surface area contributed by atoms with Crippen molar-refractivity contribution in [3.8, 4) is 5.75 Å². The number of rotatable bonds is 4. The van der Waals surface area contributed by atoms with Gasteiger partial charge in [-0.15, -0.1) is 0 Å². The predicted molar refractivity (Wildman–Crippen MR) is 104 cm³/mol. The smallest absolute Gasteiger partial charge is 0.256 e. The molecule has 0 saturated carbocycles. The molecule has 0 bridgehead atoms. The standard InChI is InChI=1S/C22H24FNO2/c1-12(2)17-8-14(9-18(13(3)4)21(17)26-5)10-19-16-7-6-15(23)11-20(16)24-22(19)25/h6-13H,1-5H3,(H,24,25)/b19-10-. The highest BCUT2D eigenvalue weighted by Crippen LogP contribution is 2.38. The number of halogens is 1. The van der Waals surface area contributed by atoms with E-state index in [9.17, 15) is 9.18 Å². The van der Waals surface area contributed by atoms with Gasteiger partial charge in [-0.2, -0.15) is 0 Å². The Bertz CT molecular complexity index is 868. The van der Waals surface area contributed by atoms with Crippen LogP contribution in [0.1, 0.15) is 61.8 Å². The van der Waals surface area contributed by atoms with Gasteiger partial charge < -0.3 is 10.1 Å². The van der Waals surface area contributed by atoms with Gasteiger partial charge in [0.05, 0.1) is 12.8 Å². The fraction of sp³-hybridized carbons (Fsp3) is 0.318. The van der Waals surface area contributed by atoms with Crippen LogP contribution < -0.4 is 10.1 Å². The van der Waals surface area contributed by atoms with Crippen molar-refractivity contribution >= 4 is 23.2 Å². The van der Waals surface area contributed by atoms with Crippen LogP contribution in [0.4, 0.5) is 10.1 Å². The molecule has 4 heteroatoms. The second kappa shape index (κ2) is 6.94. The molecule has 1 aliphatic heterocycles. The summed E-state index contributed by atoms with van der Waals surface area (Å²) in [7, 11) is 1.69. The number of ether oxygens (including phenoxy) is 1. The van der Waals surface area contributed by atoms with Gasteiger partial charge in [-0.05, 0) is 64.9 Å². The molecule has 136 valence electrons. The normalized spacial score (nSPS) is 14.9. The van der Waals surface area contributed by atoms with Gasteiger partial charge >= 0.3 is 0 Å². The molecule has 26 heavy (non-hydrogen) atoms. The van der Waals surface area contributed by atoms with Crippen molar-refractivity contribution in [2.45, 2.75) is 39.5 Å². The van der Waals surface area contributed by atoms with E-state index in [4.69, 9.17) is 4.74 Å². The maximum absolute atomic E-state index is 13.4. The number of amides is 1. The van der Waals surface area contributed by atoms with Gasteiger partial charge in [0.2, 0.25) is 0 Å². The molecule has 1 amide bonds. The lowest BCUT2D eigenvalue weighted by Gasteiger charge is -2.19. The number of hydrogen-bond acceptors (Lipinski definition) is 2. The third-order valence-corrected chi connectivity index (χ3v) is 4.69. The van der Waals surface area contributed by atoms with E-state index in [1.165, 1.54) is 12.1 Å². The van der Waals surface area contributed by atoms with Crippen LogP contribution >= 0.6 is 0 Å². The van der Waals surface area contributed by atoms with Crippen molar-refractivity contribution in [2.24, 2.45) is 0 Å². The van der Waals surface area contributed by atoms with Gasteiger partial charge in [0.25, 0.3) is 5.91 Å². The zero-order chi connectivity index (χ0) is 19.0. The molecular weight excluding hydrogens is 329 g/mol. The number of carbonyl (C=O) groups excluding carboxylic acids is 1. The molecule has 0 aliphatic carbocycles. The minimum atomic E-state index is -0.362. The van der Waals surface area contributed by atoms with Gasteiger partial charge in [0.1, 0.15) is 11.6 Å². The molecule has 1 aliphatic rings. The van der Waals surface area contributed by atoms with Crippen molar-refractivity contribution in [2.75, 3.05) is 12.4 Å². The Labute approximate surface area is 153 Å². The fourth-order valence-electron chi connectivity index (χ4n) is 3.35. The van der Waals surface area contributed by atoms with Crippen molar-refractivity contribution in [1.82, 2.24) is 0 Å². The number of methoxy groups -OCH3 is 1. The minimum Gasteiger partial charge on any atom is -0.496 e. The van der Waals surface area contributed by atoms with Crippen LogP contribution in [-0.4, -0.2) is 13.0 Å². The molecule has 0 fully saturated rings. The largest absolute Gasteiger partial charge is 0.496 e. The first-order chi connectivity index (χ1) is 12.3. The van der Waals surface area contributed by atoms with Crippen LogP contribution in [0.2, 0.25) is 0 Å². The van der Waals surface area contributed by atoms with E-state index in [1.54, 1.807) is 13.2 Å². The fourth-order valence-corrected chi connectivity index (χ4v) is 3.35. The SMILES string of the molecule is COc1c(C(C)C)cc(/C=C2\C(=O)Nc3cc(F)ccc32)cc1C(C)C. The van der Waals surface area contributed by atoms with Crippen LogP contribution in [-0.2, 0) is 4.79 Å². The molecule has 2 aromatic rings. The molecule has 0 saturated heterocycles. The number of anilines is 1. The first kappa shape index (κ1) is 18.2. The quantitative estimate of drug-likeness (QED) is 0.729. The van der Waals surface area contributed by atoms with Crippen LogP contribution in [0.3, 0.4) is 0 Å². The minimum absolute atomic E-state index is 0.210. The molecular formula is C22H24FNO2. The maximum atomic E-state index is 13.4. The molecule has 1 N–H and O–H groups in total. The first-order valence-corrected chi connectivity index (χ1v) is 8.86. The predicted octanol–water partition coefficient (Wildman–Crippen LogP) is 5.57. The van der Waals surface area contributed by atoms with E-state index in [-0.39, 0.29) is 11.7 Å². The average Bonchev–Trinajstić information content (AvgIpc) is 2.88. The Hall–Kier alpha value is -2.62. The highest BCUT2D eigenvalue weighted by molar-refractivity contribution is 6.34. The second-order valence-corrected chi connectivity index (χ2v) is 7.24. The Morgan fingerprint density at radius 2 is 1.65 bits per heavy atom. The number of carbonyl (C=O) groups is 1. The summed E-state index contributed by atoms with van der Waals surface area (Å²) in [5.74, 6) is 0.923.